The average molecular weight is 333 g/mol. The van der Waals surface area contributed by atoms with Crippen LogP contribution in [0.3, 0.4) is 0 Å². The molecule has 1 atom stereocenters. The first-order chi connectivity index (χ1) is 9.04. The Labute approximate surface area is 119 Å². The van der Waals surface area contributed by atoms with Crippen molar-refractivity contribution >= 4 is 27.5 Å². The smallest absolute Gasteiger partial charge is 0.244 e. The molecule has 104 valence electrons. The number of carbonyl (C=O) groups is 1. The van der Waals surface area contributed by atoms with E-state index in [0.717, 1.165) is 25.0 Å². The summed E-state index contributed by atoms with van der Waals surface area (Å²) in [7, 11) is 0. The molecule has 0 radical (unpaired) electrons. The quantitative estimate of drug-likeness (QED) is 0.863. The number of hydrogen-bond donors (Lipinski definition) is 1. The standard InChI is InChI=1S/C13H15BrF2N2O/c1-2-17-11-4-3-5-18(13(11)19)12-7-9(15)8(14)6-10(12)16/h6-7,11,17H,2-5H2,1H3. The minimum Gasteiger partial charge on any atom is -0.308 e. The van der Waals surface area contributed by atoms with Crippen LogP contribution in [0.2, 0.25) is 0 Å². The van der Waals surface area contributed by atoms with Crippen molar-refractivity contribution in [3.63, 3.8) is 0 Å². The zero-order valence-electron chi connectivity index (χ0n) is 10.5. The van der Waals surface area contributed by atoms with Gasteiger partial charge in [-0.2, -0.15) is 0 Å². The molecule has 0 saturated carbocycles. The number of nitrogens with one attached hydrogen (secondary N) is 1. The third-order valence-electron chi connectivity index (χ3n) is 3.17. The van der Waals surface area contributed by atoms with E-state index in [-0.39, 0.29) is 22.1 Å². The van der Waals surface area contributed by atoms with Crippen molar-refractivity contribution in [1.82, 2.24) is 5.32 Å². The van der Waals surface area contributed by atoms with Gasteiger partial charge in [0.05, 0.1) is 16.2 Å². The molecule has 1 fully saturated rings. The first kappa shape index (κ1) is 14.4. The summed E-state index contributed by atoms with van der Waals surface area (Å²) in [4.78, 5) is 13.5. The lowest BCUT2D eigenvalue weighted by Gasteiger charge is -2.32. The Morgan fingerprint density at radius 2 is 2.16 bits per heavy atom. The van der Waals surface area contributed by atoms with Crippen molar-refractivity contribution in [2.75, 3.05) is 18.0 Å². The van der Waals surface area contributed by atoms with Gasteiger partial charge in [0.1, 0.15) is 11.6 Å². The summed E-state index contributed by atoms with van der Waals surface area (Å²) >= 11 is 2.93. The molecule has 1 N–H and O–H groups in total. The maximum atomic E-state index is 13.9. The first-order valence-electron chi connectivity index (χ1n) is 6.24. The zero-order chi connectivity index (χ0) is 14.0. The molecule has 1 aromatic rings. The van der Waals surface area contributed by atoms with E-state index >= 15 is 0 Å². The first-order valence-corrected chi connectivity index (χ1v) is 7.03. The fourth-order valence-electron chi connectivity index (χ4n) is 2.27. The molecule has 6 heteroatoms. The number of rotatable bonds is 3. The number of benzene rings is 1. The summed E-state index contributed by atoms with van der Waals surface area (Å²) in [5, 5.41) is 3.06. The summed E-state index contributed by atoms with van der Waals surface area (Å²) in [5.74, 6) is -1.37. The number of likely N-dealkylation sites (N-methyl/N-ethyl adjacent to an activating group) is 1. The molecular formula is C13H15BrF2N2O. The van der Waals surface area contributed by atoms with Crippen LogP contribution in [-0.2, 0) is 4.79 Å². The summed E-state index contributed by atoms with van der Waals surface area (Å²) in [6.45, 7) is 2.99. The highest BCUT2D eigenvalue weighted by Crippen LogP contribution is 2.28. The van der Waals surface area contributed by atoms with Crippen LogP contribution in [0.25, 0.3) is 0 Å². The fourth-order valence-corrected chi connectivity index (χ4v) is 2.58. The molecule has 0 spiro atoms. The molecule has 0 aliphatic carbocycles. The van der Waals surface area contributed by atoms with E-state index in [1.54, 1.807) is 0 Å². The molecule has 2 rings (SSSR count). The number of halogens is 3. The highest BCUT2D eigenvalue weighted by atomic mass is 79.9. The van der Waals surface area contributed by atoms with Crippen molar-refractivity contribution in [3.8, 4) is 0 Å². The van der Waals surface area contributed by atoms with Gasteiger partial charge in [-0.1, -0.05) is 6.92 Å². The Kier molecular flexibility index (Phi) is 4.52. The van der Waals surface area contributed by atoms with Gasteiger partial charge in [0.2, 0.25) is 5.91 Å². The largest absolute Gasteiger partial charge is 0.308 e. The average Bonchev–Trinajstić information content (AvgIpc) is 2.37. The van der Waals surface area contributed by atoms with Gasteiger partial charge in [-0.3, -0.25) is 4.79 Å². The van der Waals surface area contributed by atoms with Crippen molar-refractivity contribution in [1.29, 1.82) is 0 Å². The van der Waals surface area contributed by atoms with E-state index in [1.807, 2.05) is 6.92 Å². The van der Waals surface area contributed by atoms with E-state index in [4.69, 9.17) is 0 Å². The lowest BCUT2D eigenvalue weighted by Crippen LogP contribution is -2.51. The van der Waals surface area contributed by atoms with Gasteiger partial charge in [-0.15, -0.1) is 0 Å². The van der Waals surface area contributed by atoms with Crippen molar-refractivity contribution in [2.24, 2.45) is 0 Å². The Bertz CT molecular complexity index is 494. The number of hydrogen-bond acceptors (Lipinski definition) is 2. The van der Waals surface area contributed by atoms with Crippen LogP contribution in [0.5, 0.6) is 0 Å². The highest BCUT2D eigenvalue weighted by molar-refractivity contribution is 9.10. The van der Waals surface area contributed by atoms with E-state index < -0.39 is 11.6 Å². The molecule has 1 aliphatic rings. The minimum atomic E-state index is -0.598. The van der Waals surface area contributed by atoms with Gasteiger partial charge in [-0.25, -0.2) is 8.78 Å². The van der Waals surface area contributed by atoms with Gasteiger partial charge in [0.15, 0.2) is 0 Å². The van der Waals surface area contributed by atoms with Crippen LogP contribution >= 0.6 is 15.9 Å². The van der Waals surface area contributed by atoms with Crippen LogP contribution < -0.4 is 10.2 Å². The number of carbonyl (C=O) groups excluding carboxylic acids is 1. The van der Waals surface area contributed by atoms with Crippen LogP contribution in [0.4, 0.5) is 14.5 Å². The molecule has 1 unspecified atom stereocenters. The van der Waals surface area contributed by atoms with E-state index in [1.165, 1.54) is 4.90 Å². The van der Waals surface area contributed by atoms with Gasteiger partial charge >= 0.3 is 0 Å². The van der Waals surface area contributed by atoms with Gasteiger partial charge < -0.3 is 10.2 Å². The topological polar surface area (TPSA) is 32.3 Å². The van der Waals surface area contributed by atoms with E-state index in [0.29, 0.717) is 13.1 Å². The number of nitrogens with zero attached hydrogens (tertiary/aromatic N) is 1. The minimum absolute atomic E-state index is 0.00769. The van der Waals surface area contributed by atoms with Gasteiger partial charge in [0, 0.05) is 12.6 Å². The molecular weight excluding hydrogens is 318 g/mol. The number of piperidine rings is 1. The maximum Gasteiger partial charge on any atom is 0.244 e. The molecule has 0 bridgehead atoms. The maximum absolute atomic E-state index is 13.9. The second-order valence-electron chi connectivity index (χ2n) is 4.46. The highest BCUT2D eigenvalue weighted by Gasteiger charge is 2.30. The number of anilines is 1. The molecule has 1 saturated heterocycles. The third-order valence-corrected chi connectivity index (χ3v) is 3.78. The Hall–Kier alpha value is -1.01. The second-order valence-corrected chi connectivity index (χ2v) is 5.31. The van der Waals surface area contributed by atoms with Gasteiger partial charge in [-0.05, 0) is 41.4 Å². The zero-order valence-corrected chi connectivity index (χ0v) is 12.1. The Balaban J connectivity index is 2.30. The third kappa shape index (κ3) is 2.95. The van der Waals surface area contributed by atoms with Gasteiger partial charge in [0.25, 0.3) is 0 Å². The molecule has 3 nitrogen and oxygen atoms in total. The van der Waals surface area contributed by atoms with E-state index in [2.05, 4.69) is 21.2 Å². The predicted molar refractivity (Wildman–Crippen MR) is 73.1 cm³/mol. The molecule has 1 aromatic carbocycles. The van der Waals surface area contributed by atoms with Crippen LogP contribution in [0, 0.1) is 11.6 Å². The predicted octanol–water partition coefficient (Wildman–Crippen LogP) is 2.83. The summed E-state index contributed by atoms with van der Waals surface area (Å²) < 4.78 is 27.5. The van der Waals surface area contributed by atoms with Crippen molar-refractivity contribution in [2.45, 2.75) is 25.8 Å². The van der Waals surface area contributed by atoms with Crippen LogP contribution in [0.1, 0.15) is 19.8 Å². The van der Waals surface area contributed by atoms with Crippen molar-refractivity contribution < 1.29 is 13.6 Å². The van der Waals surface area contributed by atoms with Crippen molar-refractivity contribution in [3.05, 3.63) is 28.2 Å². The molecule has 1 heterocycles. The molecule has 1 amide bonds. The van der Waals surface area contributed by atoms with E-state index in [9.17, 15) is 13.6 Å². The fraction of sp³-hybridized carbons (Fsp3) is 0.462. The lowest BCUT2D eigenvalue weighted by atomic mass is 10.0. The lowest BCUT2D eigenvalue weighted by molar-refractivity contribution is -0.121. The normalized spacial score (nSPS) is 19.9. The van der Waals surface area contributed by atoms with Crippen LogP contribution in [0.15, 0.2) is 16.6 Å². The summed E-state index contributed by atoms with van der Waals surface area (Å²) in [6, 6.07) is 1.80. The Morgan fingerprint density at radius 3 is 2.84 bits per heavy atom. The second kappa shape index (κ2) is 5.96. The molecule has 19 heavy (non-hydrogen) atoms. The summed E-state index contributed by atoms with van der Waals surface area (Å²) in [5.41, 5.74) is 0.00769. The number of amides is 1. The van der Waals surface area contributed by atoms with Crippen LogP contribution in [-0.4, -0.2) is 25.0 Å². The monoisotopic (exact) mass is 332 g/mol. The summed E-state index contributed by atoms with van der Waals surface area (Å²) in [6.07, 6.45) is 1.49. The SMILES string of the molecule is CCNC1CCCN(c2cc(F)c(Br)cc2F)C1=O. The molecule has 0 aromatic heterocycles. The Morgan fingerprint density at radius 1 is 1.42 bits per heavy atom. The molecule has 1 aliphatic heterocycles.